The van der Waals surface area contributed by atoms with Crippen LogP contribution in [-0.4, -0.2) is 15.2 Å². The average Bonchev–Trinajstić information content (AvgIpc) is 2.63. The molecule has 0 unspecified atom stereocenters. The molecule has 0 atom stereocenters. The Balaban J connectivity index is 2.04. The Hall–Kier alpha value is -1.33. The summed E-state index contributed by atoms with van der Waals surface area (Å²) in [7, 11) is 0. The van der Waals surface area contributed by atoms with Crippen LogP contribution in [0.4, 0.5) is 0 Å². The van der Waals surface area contributed by atoms with Crippen LogP contribution in [0.1, 0.15) is 11.4 Å². The van der Waals surface area contributed by atoms with Gasteiger partial charge in [0.2, 0.25) is 0 Å². The molecule has 0 saturated heterocycles. The Kier molecular flexibility index (Phi) is 3.26. The van der Waals surface area contributed by atoms with Crippen LogP contribution in [0.25, 0.3) is 0 Å². The third kappa shape index (κ3) is 2.62. The van der Waals surface area contributed by atoms with Gasteiger partial charge < -0.3 is 17.4 Å². The first-order valence-electron chi connectivity index (χ1n) is 4.62. The molecule has 6 heteroatoms. The normalized spacial score (nSPS) is 10.4. The molecule has 0 fully saturated rings. The summed E-state index contributed by atoms with van der Waals surface area (Å²) < 4.78 is 5.55. The number of hydrogen-bond donors (Lipinski definition) is 1. The lowest BCUT2D eigenvalue weighted by atomic mass is 10.2. The van der Waals surface area contributed by atoms with Gasteiger partial charge in [0.25, 0.3) is 0 Å². The molecule has 1 heterocycles. The van der Waals surface area contributed by atoms with Gasteiger partial charge in [0.1, 0.15) is 12.4 Å². The summed E-state index contributed by atoms with van der Waals surface area (Å²) in [5, 5.41) is 7.42. The molecule has 0 spiro atoms. The van der Waals surface area contributed by atoms with Crippen molar-refractivity contribution < 1.29 is 4.74 Å². The van der Waals surface area contributed by atoms with Crippen molar-refractivity contribution in [2.45, 2.75) is 18.7 Å². The zero-order chi connectivity index (χ0) is 11.5. The lowest BCUT2D eigenvalue weighted by Gasteiger charge is -2.07. The first kappa shape index (κ1) is 11.2. The molecular formula is C10H9ClN3OS-. The fourth-order valence-electron chi connectivity index (χ4n) is 1.26. The van der Waals surface area contributed by atoms with Crippen LogP contribution in [-0.2, 0) is 19.2 Å². The van der Waals surface area contributed by atoms with E-state index in [1.807, 2.05) is 19.1 Å². The second-order valence-corrected chi connectivity index (χ2v) is 4.06. The van der Waals surface area contributed by atoms with E-state index in [1.54, 1.807) is 6.07 Å². The van der Waals surface area contributed by atoms with Crippen LogP contribution in [0.5, 0.6) is 5.75 Å². The molecular weight excluding hydrogens is 246 g/mol. The second-order valence-electron chi connectivity index (χ2n) is 3.26. The summed E-state index contributed by atoms with van der Waals surface area (Å²) in [5.41, 5.74) is 0.977. The number of rotatable bonds is 3. The summed E-state index contributed by atoms with van der Waals surface area (Å²) in [5.74, 6) is 1.38. The maximum Gasteiger partial charge on any atom is 0.160 e. The van der Waals surface area contributed by atoms with E-state index in [2.05, 4.69) is 15.2 Å². The Morgan fingerprint density at radius 2 is 2.31 bits per heavy atom. The van der Waals surface area contributed by atoms with Crippen LogP contribution >= 0.6 is 11.6 Å². The van der Waals surface area contributed by atoms with Gasteiger partial charge in [-0.15, -0.1) is 0 Å². The molecule has 2 rings (SSSR count). The van der Waals surface area contributed by atoms with Crippen molar-refractivity contribution in [3.8, 4) is 5.75 Å². The van der Waals surface area contributed by atoms with Crippen LogP contribution in [0.3, 0.4) is 0 Å². The number of halogens is 1. The Bertz CT molecular complexity index is 501. The van der Waals surface area contributed by atoms with Crippen LogP contribution in [0.15, 0.2) is 23.4 Å². The first-order valence-corrected chi connectivity index (χ1v) is 5.41. The molecule has 84 valence electrons. The fraction of sp³-hybridized carbons (Fsp3) is 0.200. The van der Waals surface area contributed by atoms with Crippen molar-refractivity contribution in [3.63, 3.8) is 0 Å². The Morgan fingerprint density at radius 1 is 1.50 bits per heavy atom. The topological polar surface area (TPSA) is 50.8 Å². The third-order valence-electron chi connectivity index (χ3n) is 2.01. The number of aryl methyl sites for hydroxylation is 1. The molecule has 1 aromatic heterocycles. The number of ether oxygens (including phenoxy) is 1. The Labute approximate surface area is 103 Å². The van der Waals surface area contributed by atoms with Crippen molar-refractivity contribution in [1.82, 2.24) is 15.2 Å². The molecule has 0 aliphatic carbocycles. The van der Waals surface area contributed by atoms with E-state index in [4.69, 9.17) is 29.0 Å². The summed E-state index contributed by atoms with van der Waals surface area (Å²) in [6, 6.07) is 5.45. The molecule has 0 bridgehead atoms. The number of benzene rings is 1. The van der Waals surface area contributed by atoms with E-state index in [9.17, 15) is 0 Å². The molecule has 1 aromatic carbocycles. The van der Waals surface area contributed by atoms with Gasteiger partial charge in [-0.1, -0.05) is 11.6 Å². The smallest absolute Gasteiger partial charge is 0.160 e. The monoisotopic (exact) mass is 254 g/mol. The minimum atomic E-state index is 0.298. The maximum absolute atomic E-state index is 5.84. The quantitative estimate of drug-likeness (QED) is 0.854. The van der Waals surface area contributed by atoms with E-state index in [1.165, 1.54) is 0 Å². The van der Waals surface area contributed by atoms with Gasteiger partial charge >= 0.3 is 0 Å². The predicted octanol–water partition coefficient (Wildman–Crippen LogP) is 2.25. The van der Waals surface area contributed by atoms with Gasteiger partial charge in [-0.25, -0.2) is 4.98 Å². The number of aromatic amines is 1. The van der Waals surface area contributed by atoms with Crippen LogP contribution < -0.4 is 4.74 Å². The van der Waals surface area contributed by atoms with E-state index in [0.717, 1.165) is 11.3 Å². The Morgan fingerprint density at radius 3 is 2.94 bits per heavy atom. The highest BCUT2D eigenvalue weighted by Crippen LogP contribution is 2.22. The fourth-order valence-corrected chi connectivity index (χ4v) is 1.65. The molecule has 0 aliphatic rings. The summed E-state index contributed by atoms with van der Waals surface area (Å²) in [6.07, 6.45) is 0. The molecule has 4 nitrogen and oxygen atoms in total. The summed E-state index contributed by atoms with van der Waals surface area (Å²) >= 11 is 10.6. The van der Waals surface area contributed by atoms with Crippen LogP contribution in [0, 0.1) is 6.92 Å². The molecule has 0 radical (unpaired) electrons. The van der Waals surface area contributed by atoms with Gasteiger partial charge in [0, 0.05) is 10.2 Å². The van der Waals surface area contributed by atoms with Crippen molar-refractivity contribution >= 4 is 24.2 Å². The zero-order valence-corrected chi connectivity index (χ0v) is 10.1. The zero-order valence-electron chi connectivity index (χ0n) is 8.53. The molecule has 0 saturated carbocycles. The van der Waals surface area contributed by atoms with E-state index >= 15 is 0 Å². The molecule has 0 aliphatic heterocycles. The lowest BCUT2D eigenvalue weighted by molar-refractivity contribution is 0.294. The average molecular weight is 255 g/mol. The number of hydrogen-bond acceptors (Lipinski definition) is 4. The first-order chi connectivity index (χ1) is 7.65. The number of aromatic nitrogens is 3. The highest BCUT2D eigenvalue weighted by atomic mass is 35.5. The number of nitrogens with one attached hydrogen (secondary N) is 1. The standard InChI is InChI=1S/C10H10ClN3OS/c1-6-4-7(11)2-3-8(6)15-5-9-12-10(16)14-13-9/h2-4H,5H2,1H3,(H2,12,13,14,16)/p-1. The molecule has 2 aromatic rings. The van der Waals surface area contributed by atoms with Gasteiger partial charge in [0.05, 0.1) is 0 Å². The molecule has 0 amide bonds. The van der Waals surface area contributed by atoms with E-state index in [-0.39, 0.29) is 0 Å². The van der Waals surface area contributed by atoms with Crippen molar-refractivity contribution in [2.24, 2.45) is 0 Å². The lowest BCUT2D eigenvalue weighted by Crippen LogP contribution is -1.99. The van der Waals surface area contributed by atoms with E-state index in [0.29, 0.717) is 22.6 Å². The minimum Gasteiger partial charge on any atom is -0.738 e. The van der Waals surface area contributed by atoms with Crippen molar-refractivity contribution in [1.29, 1.82) is 0 Å². The van der Waals surface area contributed by atoms with Crippen LogP contribution in [0.2, 0.25) is 5.02 Å². The SMILES string of the molecule is Cc1cc(Cl)ccc1OCc1nc([S-])n[nH]1. The summed E-state index contributed by atoms with van der Waals surface area (Å²) in [4.78, 5) is 3.97. The highest BCUT2D eigenvalue weighted by Gasteiger charge is 2.02. The molecule has 16 heavy (non-hydrogen) atoms. The summed E-state index contributed by atoms with van der Waals surface area (Å²) in [6.45, 7) is 2.24. The largest absolute Gasteiger partial charge is 0.738 e. The number of nitrogens with zero attached hydrogens (tertiary/aromatic N) is 2. The minimum absolute atomic E-state index is 0.298. The third-order valence-corrected chi connectivity index (χ3v) is 2.43. The van der Waals surface area contributed by atoms with Gasteiger partial charge in [-0.3, -0.25) is 5.10 Å². The second kappa shape index (κ2) is 4.67. The number of H-pyrrole nitrogens is 1. The van der Waals surface area contributed by atoms with E-state index < -0.39 is 0 Å². The van der Waals surface area contributed by atoms with Gasteiger partial charge in [-0.2, -0.15) is 5.10 Å². The van der Waals surface area contributed by atoms with Gasteiger partial charge in [0.15, 0.2) is 5.82 Å². The molecule has 1 N–H and O–H groups in total. The highest BCUT2D eigenvalue weighted by molar-refractivity contribution is 7.58. The predicted molar refractivity (Wildman–Crippen MR) is 62.5 cm³/mol. The van der Waals surface area contributed by atoms with Crippen molar-refractivity contribution in [3.05, 3.63) is 34.6 Å². The van der Waals surface area contributed by atoms with Gasteiger partial charge in [-0.05, 0) is 30.7 Å². The maximum atomic E-state index is 5.84. The van der Waals surface area contributed by atoms with Crippen molar-refractivity contribution in [2.75, 3.05) is 0 Å².